The summed E-state index contributed by atoms with van der Waals surface area (Å²) in [7, 11) is -2.70. The van der Waals surface area contributed by atoms with Crippen LogP contribution in [-0.2, 0) is 14.8 Å². The van der Waals surface area contributed by atoms with Gasteiger partial charge in [-0.05, 0) is 26.0 Å². The fourth-order valence-electron chi connectivity index (χ4n) is 1.91. The summed E-state index contributed by atoms with van der Waals surface area (Å²) in [5.41, 5.74) is -1.20. The number of hydrogen-bond donors (Lipinski definition) is 1. The van der Waals surface area contributed by atoms with E-state index in [4.69, 9.17) is 0 Å². The highest BCUT2D eigenvalue weighted by atomic mass is 32.2. The van der Waals surface area contributed by atoms with Gasteiger partial charge in [-0.25, -0.2) is 13.2 Å². The molecule has 1 aromatic carbocycles. The Bertz CT molecular complexity index is 604. The average molecular weight is 315 g/mol. The van der Waals surface area contributed by atoms with Crippen LogP contribution in [-0.4, -0.2) is 49.6 Å². The predicted octanol–water partition coefficient (Wildman–Crippen LogP) is 1.25. The zero-order valence-corrected chi connectivity index (χ0v) is 13.5. The molecule has 0 spiro atoms. The van der Waals surface area contributed by atoms with E-state index < -0.39 is 21.6 Å². The molecule has 0 saturated carbocycles. The molecule has 0 fully saturated rings. The van der Waals surface area contributed by atoms with Crippen LogP contribution < -0.4 is 0 Å². The third-order valence-electron chi connectivity index (χ3n) is 2.83. The normalized spacial score (nSPS) is 12.5. The number of methoxy groups -OCH3 is 1. The first-order chi connectivity index (χ1) is 9.63. The van der Waals surface area contributed by atoms with Crippen molar-refractivity contribution in [1.29, 1.82) is 0 Å². The molecule has 0 aliphatic heterocycles. The van der Waals surface area contributed by atoms with Gasteiger partial charge in [-0.3, -0.25) is 0 Å². The Morgan fingerprint density at radius 2 is 1.90 bits per heavy atom. The second-order valence-electron chi connectivity index (χ2n) is 5.23. The molecule has 118 valence electrons. The van der Waals surface area contributed by atoms with E-state index >= 15 is 0 Å². The topological polar surface area (TPSA) is 83.9 Å². The summed E-state index contributed by atoms with van der Waals surface area (Å²) in [4.78, 5) is 11.6. The molecular weight excluding hydrogens is 294 g/mol. The summed E-state index contributed by atoms with van der Waals surface area (Å²) in [5.74, 6) is -0.714. The number of esters is 1. The number of likely N-dealkylation sites (N-methyl/N-ethyl adjacent to an activating group) is 1. The van der Waals surface area contributed by atoms with Crippen LogP contribution in [0.25, 0.3) is 0 Å². The van der Waals surface area contributed by atoms with Gasteiger partial charge in [-0.1, -0.05) is 19.1 Å². The van der Waals surface area contributed by atoms with E-state index in [0.717, 1.165) is 4.31 Å². The monoisotopic (exact) mass is 315 g/mol. The molecule has 0 radical (unpaired) electrons. The third kappa shape index (κ3) is 4.26. The van der Waals surface area contributed by atoms with E-state index in [0.29, 0.717) is 0 Å². The van der Waals surface area contributed by atoms with Crippen molar-refractivity contribution in [2.75, 3.05) is 20.2 Å². The minimum Gasteiger partial charge on any atom is -0.465 e. The third-order valence-corrected chi connectivity index (χ3v) is 4.81. The SMILES string of the molecule is CCN(CC(C)(C)O)S(=O)(=O)c1ccccc1C(=O)OC. The highest BCUT2D eigenvalue weighted by Crippen LogP contribution is 2.22. The standard InChI is InChI=1S/C14H21NO5S/c1-5-15(10-14(2,3)17)21(18,19)12-9-7-6-8-11(12)13(16)20-4/h6-9,17H,5,10H2,1-4H3. The van der Waals surface area contributed by atoms with Gasteiger partial charge >= 0.3 is 5.97 Å². The van der Waals surface area contributed by atoms with Gasteiger partial charge in [0.1, 0.15) is 0 Å². The number of benzene rings is 1. The molecule has 1 N–H and O–H groups in total. The molecule has 0 aliphatic carbocycles. The van der Waals surface area contributed by atoms with Crippen molar-refractivity contribution < 1.29 is 23.1 Å². The molecule has 21 heavy (non-hydrogen) atoms. The minimum absolute atomic E-state index is 0.0193. The van der Waals surface area contributed by atoms with Gasteiger partial charge in [0.05, 0.1) is 23.2 Å². The Morgan fingerprint density at radius 1 is 1.33 bits per heavy atom. The first-order valence-corrected chi connectivity index (χ1v) is 7.97. The zero-order valence-electron chi connectivity index (χ0n) is 12.7. The zero-order chi connectivity index (χ0) is 16.3. The first-order valence-electron chi connectivity index (χ1n) is 6.53. The molecular formula is C14H21NO5S. The van der Waals surface area contributed by atoms with Gasteiger partial charge in [0.25, 0.3) is 0 Å². The van der Waals surface area contributed by atoms with Crippen LogP contribution in [0.1, 0.15) is 31.1 Å². The Kier molecular flexibility index (Phi) is 5.49. The Balaban J connectivity index is 3.33. The van der Waals surface area contributed by atoms with Crippen LogP contribution in [0.5, 0.6) is 0 Å². The van der Waals surface area contributed by atoms with Crippen molar-refractivity contribution in [3.63, 3.8) is 0 Å². The lowest BCUT2D eigenvalue weighted by Crippen LogP contribution is -2.42. The average Bonchev–Trinajstić information content (AvgIpc) is 2.42. The molecule has 0 atom stereocenters. The van der Waals surface area contributed by atoms with Gasteiger partial charge in [-0.15, -0.1) is 0 Å². The second-order valence-corrected chi connectivity index (χ2v) is 7.14. The summed E-state index contributed by atoms with van der Waals surface area (Å²) in [5, 5.41) is 9.86. The maximum atomic E-state index is 12.7. The number of nitrogens with zero attached hydrogens (tertiary/aromatic N) is 1. The molecule has 0 amide bonds. The van der Waals surface area contributed by atoms with E-state index in [9.17, 15) is 18.3 Å². The van der Waals surface area contributed by atoms with Gasteiger partial charge in [0.15, 0.2) is 0 Å². The lowest BCUT2D eigenvalue weighted by molar-refractivity contribution is 0.0593. The number of rotatable bonds is 6. The highest BCUT2D eigenvalue weighted by molar-refractivity contribution is 7.89. The molecule has 1 rings (SSSR count). The molecule has 7 heteroatoms. The number of aliphatic hydroxyl groups is 1. The molecule has 6 nitrogen and oxygen atoms in total. The lowest BCUT2D eigenvalue weighted by atomic mass is 10.1. The summed E-state index contributed by atoms with van der Waals surface area (Å²) in [6.07, 6.45) is 0. The second kappa shape index (κ2) is 6.55. The van der Waals surface area contributed by atoms with Crippen molar-refractivity contribution in [3.8, 4) is 0 Å². The van der Waals surface area contributed by atoms with Crippen LogP contribution in [0.4, 0.5) is 0 Å². The fourth-order valence-corrected chi connectivity index (χ4v) is 3.69. The Labute approximate surface area is 125 Å². The van der Waals surface area contributed by atoms with Gasteiger partial charge in [-0.2, -0.15) is 4.31 Å². The van der Waals surface area contributed by atoms with E-state index in [1.807, 2.05) is 0 Å². The van der Waals surface area contributed by atoms with Crippen LogP contribution in [0.3, 0.4) is 0 Å². The summed E-state index contributed by atoms with van der Waals surface area (Å²) < 4.78 is 31.1. The number of carbonyl (C=O) groups is 1. The van der Waals surface area contributed by atoms with E-state index in [1.165, 1.54) is 39.2 Å². The largest absolute Gasteiger partial charge is 0.465 e. The van der Waals surface area contributed by atoms with Crippen molar-refractivity contribution in [2.45, 2.75) is 31.3 Å². The summed E-state index contributed by atoms with van der Waals surface area (Å²) in [6.45, 7) is 4.84. The Hall–Kier alpha value is -1.44. The number of carbonyl (C=O) groups excluding carboxylic acids is 1. The van der Waals surface area contributed by atoms with Crippen molar-refractivity contribution in [3.05, 3.63) is 29.8 Å². The maximum Gasteiger partial charge on any atom is 0.339 e. The summed E-state index contributed by atoms with van der Waals surface area (Å²) in [6, 6.07) is 5.86. The van der Waals surface area contributed by atoms with Crippen LogP contribution in [0, 0.1) is 0 Å². The number of hydrogen-bond acceptors (Lipinski definition) is 5. The van der Waals surface area contributed by atoms with Gasteiger partial charge in [0, 0.05) is 13.1 Å². The van der Waals surface area contributed by atoms with E-state index in [2.05, 4.69) is 4.74 Å². The van der Waals surface area contributed by atoms with Crippen LogP contribution >= 0.6 is 0 Å². The van der Waals surface area contributed by atoms with Crippen molar-refractivity contribution in [2.24, 2.45) is 0 Å². The molecule has 0 saturated heterocycles. The molecule has 0 aliphatic rings. The quantitative estimate of drug-likeness (QED) is 0.799. The summed E-state index contributed by atoms with van der Waals surface area (Å²) >= 11 is 0. The smallest absolute Gasteiger partial charge is 0.339 e. The first kappa shape index (κ1) is 17.6. The molecule has 0 unspecified atom stereocenters. The Morgan fingerprint density at radius 3 is 2.38 bits per heavy atom. The van der Waals surface area contributed by atoms with E-state index in [-0.39, 0.29) is 23.5 Å². The fraction of sp³-hybridized carbons (Fsp3) is 0.500. The maximum absolute atomic E-state index is 12.7. The minimum atomic E-state index is -3.90. The van der Waals surface area contributed by atoms with Gasteiger partial charge < -0.3 is 9.84 Å². The predicted molar refractivity (Wildman–Crippen MR) is 78.5 cm³/mol. The number of ether oxygens (including phenoxy) is 1. The molecule has 0 heterocycles. The van der Waals surface area contributed by atoms with Crippen molar-refractivity contribution in [1.82, 2.24) is 4.31 Å². The van der Waals surface area contributed by atoms with Crippen LogP contribution in [0.2, 0.25) is 0 Å². The van der Waals surface area contributed by atoms with Crippen LogP contribution in [0.15, 0.2) is 29.2 Å². The number of sulfonamides is 1. The van der Waals surface area contributed by atoms with E-state index in [1.54, 1.807) is 13.0 Å². The highest BCUT2D eigenvalue weighted by Gasteiger charge is 2.31. The van der Waals surface area contributed by atoms with Crippen molar-refractivity contribution >= 4 is 16.0 Å². The lowest BCUT2D eigenvalue weighted by Gasteiger charge is -2.27. The molecule has 0 aromatic heterocycles. The molecule has 1 aromatic rings. The molecule has 0 bridgehead atoms. The van der Waals surface area contributed by atoms with Gasteiger partial charge in [0.2, 0.25) is 10.0 Å².